The van der Waals surface area contributed by atoms with Gasteiger partial charge in [-0.15, -0.1) is 0 Å². The Bertz CT molecular complexity index is 828. The average Bonchev–Trinajstić information content (AvgIpc) is 3.04. The number of allylic oxidation sites excluding steroid dienone is 2. The van der Waals surface area contributed by atoms with Crippen LogP contribution in [0.4, 0.5) is 17.6 Å². The van der Waals surface area contributed by atoms with Gasteiger partial charge < -0.3 is 26.6 Å². The molecule has 1 unspecified atom stereocenters. The highest BCUT2D eigenvalue weighted by Crippen LogP contribution is 2.28. The summed E-state index contributed by atoms with van der Waals surface area (Å²) in [7, 11) is 0. The molecule has 28 heavy (non-hydrogen) atoms. The van der Waals surface area contributed by atoms with Crippen LogP contribution in [0, 0.1) is 0 Å². The SMILES string of the molecule is CC(C)(NC1=C(F)CNC(=C2C=NC3NC=C(F)C=C23)N1)C(=O)NCC(F)F. The second-order valence-corrected chi connectivity index (χ2v) is 6.87. The van der Waals surface area contributed by atoms with Crippen LogP contribution in [-0.4, -0.2) is 43.3 Å². The molecular weight excluding hydrogens is 380 g/mol. The van der Waals surface area contributed by atoms with Crippen LogP contribution in [0.15, 0.2) is 51.7 Å². The number of nitrogens with one attached hydrogen (secondary N) is 5. The van der Waals surface area contributed by atoms with Crippen molar-refractivity contribution in [2.24, 2.45) is 4.99 Å². The van der Waals surface area contributed by atoms with E-state index in [2.05, 4.69) is 31.6 Å². The average molecular weight is 400 g/mol. The molecule has 0 radical (unpaired) electrons. The lowest BCUT2D eigenvalue weighted by molar-refractivity contribution is -0.126. The third kappa shape index (κ3) is 4.12. The zero-order valence-corrected chi connectivity index (χ0v) is 15.2. The van der Waals surface area contributed by atoms with Crippen molar-refractivity contribution >= 4 is 12.1 Å². The quantitative estimate of drug-likeness (QED) is 0.445. The maximum absolute atomic E-state index is 14.3. The molecule has 5 N–H and O–H groups in total. The Hall–Kier alpha value is -2.98. The van der Waals surface area contributed by atoms with Crippen molar-refractivity contribution in [3.05, 3.63) is 46.7 Å². The highest BCUT2D eigenvalue weighted by molar-refractivity contribution is 5.90. The zero-order chi connectivity index (χ0) is 20.5. The molecule has 0 saturated heterocycles. The van der Waals surface area contributed by atoms with Crippen molar-refractivity contribution in [2.75, 3.05) is 13.1 Å². The molecule has 3 aliphatic rings. The van der Waals surface area contributed by atoms with E-state index < -0.39 is 42.2 Å². The van der Waals surface area contributed by atoms with Crippen LogP contribution in [0.25, 0.3) is 0 Å². The maximum atomic E-state index is 14.3. The van der Waals surface area contributed by atoms with E-state index >= 15 is 0 Å². The molecule has 3 rings (SSSR count). The summed E-state index contributed by atoms with van der Waals surface area (Å²) in [5.41, 5.74) is -0.271. The summed E-state index contributed by atoms with van der Waals surface area (Å²) in [5.74, 6) is -1.50. The Balaban J connectivity index is 1.77. The Morgan fingerprint density at radius 3 is 2.86 bits per heavy atom. The Morgan fingerprint density at radius 2 is 2.14 bits per heavy atom. The number of dihydropyridines is 1. The van der Waals surface area contributed by atoms with Gasteiger partial charge in [0.05, 0.1) is 13.1 Å². The number of carbonyl (C=O) groups is 1. The van der Waals surface area contributed by atoms with Crippen LogP contribution in [0.1, 0.15) is 13.8 Å². The first-order valence-electron chi connectivity index (χ1n) is 8.52. The topological polar surface area (TPSA) is 89.6 Å². The molecule has 0 saturated carbocycles. The molecular formula is C17H20F4N6O. The first-order valence-corrected chi connectivity index (χ1v) is 8.52. The van der Waals surface area contributed by atoms with Gasteiger partial charge in [-0.1, -0.05) is 0 Å². The molecule has 3 heterocycles. The highest BCUT2D eigenvalue weighted by atomic mass is 19.3. The lowest BCUT2D eigenvalue weighted by Crippen LogP contribution is -2.56. The van der Waals surface area contributed by atoms with Gasteiger partial charge in [-0.25, -0.2) is 17.6 Å². The first-order chi connectivity index (χ1) is 13.2. The molecule has 0 spiro atoms. The number of carbonyl (C=O) groups excluding carboxylic acids is 1. The van der Waals surface area contributed by atoms with Crippen LogP contribution >= 0.6 is 0 Å². The number of hydrogen-bond donors (Lipinski definition) is 5. The summed E-state index contributed by atoms with van der Waals surface area (Å²) in [5, 5.41) is 13.2. The predicted octanol–water partition coefficient (Wildman–Crippen LogP) is 1.03. The molecule has 7 nitrogen and oxygen atoms in total. The molecule has 3 aliphatic heterocycles. The number of aliphatic imine (C=N–C) groups is 1. The fraction of sp³-hybridized carbons (Fsp3) is 0.412. The van der Waals surface area contributed by atoms with E-state index in [4.69, 9.17) is 0 Å². The van der Waals surface area contributed by atoms with Crippen LogP contribution < -0.4 is 26.6 Å². The van der Waals surface area contributed by atoms with E-state index in [1.165, 1.54) is 32.3 Å². The molecule has 0 bridgehead atoms. The lowest BCUT2D eigenvalue weighted by atomic mass is 10.0. The Labute approximate surface area is 158 Å². The van der Waals surface area contributed by atoms with Crippen LogP contribution in [-0.2, 0) is 4.79 Å². The largest absolute Gasteiger partial charge is 0.364 e. The third-order valence-electron chi connectivity index (χ3n) is 4.26. The van der Waals surface area contributed by atoms with E-state index in [1.54, 1.807) is 0 Å². The standard InChI is InChI=1S/C17H20F4N6O/c1-17(2,16(28)25-7-12(20)21)27-15-11(19)6-24-14(26-15)10-5-23-13-9(10)3-8(18)4-22-13/h3-5,12-13,22,24,26-27H,6-7H2,1-2H3,(H,25,28). The zero-order valence-electron chi connectivity index (χ0n) is 15.2. The molecule has 0 aliphatic carbocycles. The minimum Gasteiger partial charge on any atom is -0.364 e. The molecule has 152 valence electrons. The van der Waals surface area contributed by atoms with Crippen molar-refractivity contribution in [3.8, 4) is 0 Å². The van der Waals surface area contributed by atoms with E-state index in [1.807, 2.05) is 0 Å². The molecule has 0 aromatic heterocycles. The number of fused-ring (bicyclic) bond motifs is 1. The van der Waals surface area contributed by atoms with E-state index in [9.17, 15) is 22.4 Å². The number of nitrogens with zero attached hydrogens (tertiary/aromatic N) is 1. The van der Waals surface area contributed by atoms with Crippen molar-refractivity contribution in [1.29, 1.82) is 0 Å². The Kier molecular flexibility index (Phi) is 5.34. The summed E-state index contributed by atoms with van der Waals surface area (Å²) in [6.07, 6.45) is 0.920. The van der Waals surface area contributed by atoms with Gasteiger partial charge in [0.25, 0.3) is 6.43 Å². The fourth-order valence-corrected chi connectivity index (χ4v) is 2.81. The summed E-state index contributed by atoms with van der Waals surface area (Å²) in [4.78, 5) is 16.3. The van der Waals surface area contributed by atoms with Crippen LogP contribution in [0.5, 0.6) is 0 Å². The molecule has 1 amide bonds. The second kappa shape index (κ2) is 7.56. The summed E-state index contributed by atoms with van der Waals surface area (Å²) in [6.45, 7) is 1.89. The number of hydrogen-bond acceptors (Lipinski definition) is 6. The minimum atomic E-state index is -2.69. The molecule has 0 aromatic carbocycles. The van der Waals surface area contributed by atoms with Crippen molar-refractivity contribution in [2.45, 2.75) is 32.0 Å². The lowest BCUT2D eigenvalue weighted by Gasteiger charge is -2.32. The number of alkyl halides is 2. The van der Waals surface area contributed by atoms with E-state index in [-0.39, 0.29) is 12.4 Å². The van der Waals surface area contributed by atoms with E-state index in [0.29, 0.717) is 17.0 Å². The van der Waals surface area contributed by atoms with Gasteiger partial charge >= 0.3 is 0 Å². The van der Waals surface area contributed by atoms with E-state index in [0.717, 1.165) is 0 Å². The third-order valence-corrected chi connectivity index (χ3v) is 4.26. The second-order valence-electron chi connectivity index (χ2n) is 6.87. The van der Waals surface area contributed by atoms with Crippen molar-refractivity contribution < 1.29 is 22.4 Å². The first kappa shape index (κ1) is 19.8. The van der Waals surface area contributed by atoms with Crippen LogP contribution in [0.3, 0.4) is 0 Å². The highest BCUT2D eigenvalue weighted by Gasteiger charge is 2.33. The van der Waals surface area contributed by atoms with Gasteiger partial charge in [0.2, 0.25) is 5.91 Å². The van der Waals surface area contributed by atoms with Crippen molar-refractivity contribution in [1.82, 2.24) is 26.6 Å². The summed E-state index contributed by atoms with van der Waals surface area (Å²) in [6, 6.07) is 0. The smallest absolute Gasteiger partial charge is 0.255 e. The van der Waals surface area contributed by atoms with Gasteiger partial charge in [0.1, 0.15) is 29.2 Å². The monoisotopic (exact) mass is 400 g/mol. The normalized spacial score (nSPS) is 24.0. The maximum Gasteiger partial charge on any atom is 0.255 e. The van der Waals surface area contributed by atoms with Gasteiger partial charge in [-0.2, -0.15) is 0 Å². The van der Waals surface area contributed by atoms with Gasteiger partial charge in [-0.3, -0.25) is 9.79 Å². The summed E-state index contributed by atoms with van der Waals surface area (Å²) < 4.78 is 52.5. The Morgan fingerprint density at radius 1 is 1.39 bits per heavy atom. The fourth-order valence-electron chi connectivity index (χ4n) is 2.81. The number of halogens is 4. The van der Waals surface area contributed by atoms with Gasteiger partial charge in [0.15, 0.2) is 5.83 Å². The molecule has 0 fully saturated rings. The summed E-state index contributed by atoms with van der Waals surface area (Å²) >= 11 is 0. The molecule has 11 heteroatoms. The predicted molar refractivity (Wildman–Crippen MR) is 95.2 cm³/mol. The van der Waals surface area contributed by atoms with Gasteiger partial charge in [-0.05, 0) is 19.9 Å². The molecule has 0 aromatic rings. The van der Waals surface area contributed by atoms with Gasteiger partial charge in [0, 0.05) is 23.6 Å². The van der Waals surface area contributed by atoms with Crippen LogP contribution in [0.2, 0.25) is 0 Å². The minimum absolute atomic E-state index is 0.0873. The number of amides is 1. The van der Waals surface area contributed by atoms with Crippen molar-refractivity contribution in [3.63, 3.8) is 0 Å². The molecule has 1 atom stereocenters. The number of rotatable bonds is 5.